The van der Waals surface area contributed by atoms with Gasteiger partial charge in [0.1, 0.15) is 36.1 Å². The van der Waals surface area contributed by atoms with E-state index in [0.717, 1.165) is 52.9 Å². The van der Waals surface area contributed by atoms with Crippen molar-refractivity contribution in [3.63, 3.8) is 0 Å². The van der Waals surface area contributed by atoms with Gasteiger partial charge in [0.05, 0.1) is 49.8 Å². The second kappa shape index (κ2) is 32.5. The molecule has 2 aromatic carbocycles. The summed E-state index contributed by atoms with van der Waals surface area (Å²) in [6.07, 6.45) is -0.567. The first-order valence-electron chi connectivity index (χ1n) is 23.5. The number of halogens is 7. The summed E-state index contributed by atoms with van der Waals surface area (Å²) >= 11 is 4.81. The normalized spacial score (nSPS) is 16.9. The number of carbonyl (C=O) groups is 7. The molecule has 0 saturated carbocycles. The van der Waals surface area contributed by atoms with Gasteiger partial charge in [0.15, 0.2) is 58.1 Å². The third-order valence-electron chi connectivity index (χ3n) is 10.9. The predicted octanol–water partition coefficient (Wildman–Crippen LogP) is 0.513. The van der Waals surface area contributed by atoms with Gasteiger partial charge >= 0.3 is 98.4 Å². The van der Waals surface area contributed by atoms with Gasteiger partial charge < -0.3 is 63.7 Å². The number of amides is 2. The maximum atomic E-state index is 15.1. The van der Waals surface area contributed by atoms with Crippen LogP contribution in [0.3, 0.4) is 0 Å². The Morgan fingerprint density at radius 1 is 0.741 bits per heavy atom. The molecule has 4 aliphatic heterocycles. The molecule has 3 N–H and O–H groups in total. The number of hydrogen-bond donors (Lipinski definition) is 3. The van der Waals surface area contributed by atoms with E-state index < -0.39 is 141 Å². The van der Waals surface area contributed by atoms with E-state index >= 15 is 4.39 Å². The summed E-state index contributed by atoms with van der Waals surface area (Å²) in [5, 5.41) is 15.4. The summed E-state index contributed by atoms with van der Waals surface area (Å²) < 4.78 is 148. The van der Waals surface area contributed by atoms with Gasteiger partial charge in [0.25, 0.3) is 6.47 Å². The van der Waals surface area contributed by atoms with Crippen molar-refractivity contribution in [2.75, 3.05) is 68.2 Å². The van der Waals surface area contributed by atoms with Crippen LogP contribution in [-0.4, -0.2) is 130 Å². The molecule has 85 heavy (non-hydrogen) atoms. The molecule has 4 aliphatic rings. The van der Waals surface area contributed by atoms with E-state index in [0.29, 0.717) is 31.3 Å². The van der Waals surface area contributed by atoms with Crippen molar-refractivity contribution >= 4 is 103 Å². The van der Waals surface area contributed by atoms with Crippen molar-refractivity contribution < 1.29 is 187 Å². The molecule has 0 bridgehead atoms. The second-order valence-electron chi connectivity index (χ2n) is 17.4. The van der Waals surface area contributed by atoms with Crippen molar-refractivity contribution in [3.05, 3.63) is 96.2 Å². The third kappa shape index (κ3) is 19.9. The van der Waals surface area contributed by atoms with Crippen LogP contribution in [0.2, 0.25) is 0 Å². The van der Waals surface area contributed by atoms with Crippen LogP contribution in [0.1, 0.15) is 42.0 Å². The molecule has 1 unspecified atom stereocenters. The van der Waals surface area contributed by atoms with Gasteiger partial charge in [0, 0.05) is 74.2 Å². The quantitative estimate of drug-likeness (QED) is 0.0131. The smallest absolute Gasteiger partial charge is 1.00 e. The minimum Gasteiger partial charge on any atom is -1.00 e. The molecule has 454 valence electrons. The molecule has 2 amide bonds. The SMILES string of the molecule is CC(C)OC(=O)Cl.CC(C)OC(=O)OP(=O)(O)N(C[C@H]1CN(c2cc(F)c(N3C=CC(=O)CC3)c(F)c2F)C(=O)O1)c1ccon1.O=C1C=CN(c2c(F)cc(N3C[C@H](CN(c4ccon4)P(=O)(O)O)OC3=O)c(F)c2F)CC1.O=CO[O-].[H-].[Na+].[Na+]. The Kier molecular flexibility index (Phi) is 27.9. The molecule has 29 nitrogen and oxygen atoms in total. The third-order valence-corrected chi connectivity index (χ3v) is 13.3. The average Bonchev–Trinajstić information content (AvgIpc) is 1.45. The molecule has 6 heterocycles. The Hall–Kier alpha value is -6.20. The van der Waals surface area contributed by atoms with Crippen molar-refractivity contribution in [2.45, 2.75) is 65.0 Å². The van der Waals surface area contributed by atoms with Crippen LogP contribution in [0.4, 0.5) is 79.9 Å². The minimum absolute atomic E-state index is 0. The molecule has 2 fully saturated rings. The van der Waals surface area contributed by atoms with Gasteiger partial charge in [-0.1, -0.05) is 10.3 Å². The number of cyclic esters (lactones) is 2. The summed E-state index contributed by atoms with van der Waals surface area (Å²) in [4.78, 5) is 113. The monoisotopic (exact) mass is 1290 g/mol. The molecular weight excluding hydrogens is 1250 g/mol. The van der Waals surface area contributed by atoms with E-state index in [-0.39, 0.29) is 122 Å². The van der Waals surface area contributed by atoms with Crippen LogP contribution in [0, 0.1) is 34.9 Å². The number of rotatable bonds is 16. The maximum absolute atomic E-state index is 15.1. The maximum Gasteiger partial charge on any atom is 1.00 e. The fourth-order valence-corrected chi connectivity index (χ4v) is 9.49. The molecule has 3 atom stereocenters. The van der Waals surface area contributed by atoms with E-state index in [1.54, 1.807) is 13.8 Å². The zero-order valence-electron chi connectivity index (χ0n) is 46.1. The average molecular weight is 1290 g/mol. The Morgan fingerprint density at radius 2 is 1.14 bits per heavy atom. The summed E-state index contributed by atoms with van der Waals surface area (Å²) in [6.45, 7) is 3.95. The van der Waals surface area contributed by atoms with Crippen LogP contribution in [0.25, 0.3) is 0 Å². The van der Waals surface area contributed by atoms with Crippen LogP contribution in [0.5, 0.6) is 0 Å². The molecule has 8 rings (SSSR count). The second-order valence-corrected chi connectivity index (χ2v) is 20.8. The first-order valence-corrected chi connectivity index (χ1v) is 26.9. The molecule has 0 radical (unpaired) electrons. The first-order chi connectivity index (χ1) is 39.0. The van der Waals surface area contributed by atoms with Crippen molar-refractivity contribution in [1.82, 2.24) is 10.3 Å². The van der Waals surface area contributed by atoms with Gasteiger partial charge in [-0.2, -0.15) is 0 Å². The Bertz CT molecular complexity index is 3200. The zero-order valence-corrected chi connectivity index (χ0v) is 51.7. The van der Waals surface area contributed by atoms with E-state index in [1.165, 1.54) is 19.9 Å². The van der Waals surface area contributed by atoms with Crippen molar-refractivity contribution in [2.24, 2.45) is 0 Å². The molecular formula is C45H47ClF6N8Na2O21P2. The van der Waals surface area contributed by atoms with Crippen molar-refractivity contribution in [3.8, 4) is 0 Å². The standard InChI is InChI=1S/C22H22F3N4O9P.C18H16F3N4O7P.C4H7ClO2.CH2O3.2Na.H/c1-12(2)36-22(32)38-39(33,34)29(17-5-8-35-26-17)11-14-10-28(21(31)37-14)16-9-15(23)20(19(25)18(16)24)27-6-3-13(30)4-7-27;19-12-7-13(15(20)16(21)17(12)23-4-1-10(26)2-5-23)24-8-11(32-18(24)27)9-25(33(28,29)30)14-3-6-31-22-14;1-3(2)7-4(5)6;2-1-4-3;;;/h3,5-6,8-9,12,14H,4,7,10-11H2,1-2H3,(H,33,34);1,3-4,6-7,11H,2,5,8-9H2,(H2,28,29,30);3H,1-2H3;1,3H;;;/q;;;;2*+1;-1/p-1/t14-;11-;;;;;/m11...../s1. The number of aromatic nitrogens is 2. The van der Waals surface area contributed by atoms with Gasteiger partial charge in [-0.05, 0) is 39.8 Å². The zero-order chi connectivity index (χ0) is 61.7. The number of allylic oxidation sites excluding steroid dienone is 2. The number of anilines is 6. The Morgan fingerprint density at radius 3 is 1.46 bits per heavy atom. The van der Waals surface area contributed by atoms with Gasteiger partial charge in [-0.15, -0.1) is 0 Å². The Balaban J connectivity index is 0.000000489. The number of nitrogens with zero attached hydrogens (tertiary/aromatic N) is 8. The van der Waals surface area contributed by atoms with Crippen molar-refractivity contribution in [1.29, 1.82) is 0 Å². The summed E-state index contributed by atoms with van der Waals surface area (Å²) in [5.41, 5.74) is -3.73. The number of ketones is 2. The van der Waals surface area contributed by atoms with Crippen LogP contribution in [0.15, 0.2) is 70.4 Å². The first kappa shape index (κ1) is 73.1. The number of benzene rings is 2. The van der Waals surface area contributed by atoms with Gasteiger partial charge in [-0.3, -0.25) is 33.7 Å². The minimum atomic E-state index is -5.02. The van der Waals surface area contributed by atoms with Gasteiger partial charge in [-0.25, -0.2) is 59.3 Å². The molecule has 0 aliphatic carbocycles. The Labute approximate surface area is 526 Å². The number of ether oxygens (including phenoxy) is 4. The largest absolute Gasteiger partial charge is 1.00 e. The van der Waals surface area contributed by atoms with Crippen LogP contribution >= 0.6 is 27.1 Å². The van der Waals surface area contributed by atoms with Crippen LogP contribution in [-0.2, 0) is 51.9 Å². The molecule has 2 aromatic heterocycles. The summed E-state index contributed by atoms with van der Waals surface area (Å²) in [6, 6.07) is 3.53. The molecule has 0 spiro atoms. The molecule has 2 saturated heterocycles. The number of carbonyl (C=O) groups excluding carboxylic acids is 7. The van der Waals surface area contributed by atoms with E-state index in [2.05, 4.69) is 33.5 Å². The predicted molar refractivity (Wildman–Crippen MR) is 268 cm³/mol. The van der Waals surface area contributed by atoms with Crippen LogP contribution < -0.4 is 93.3 Å². The van der Waals surface area contributed by atoms with Gasteiger partial charge in [0.2, 0.25) is 0 Å². The molecule has 40 heteroatoms. The summed E-state index contributed by atoms with van der Waals surface area (Å²) in [5.74, 6) is -9.67. The van der Waals surface area contributed by atoms with E-state index in [9.17, 15) is 74.5 Å². The summed E-state index contributed by atoms with van der Waals surface area (Å²) in [7, 11) is -9.93. The molecule has 4 aromatic rings. The van der Waals surface area contributed by atoms with E-state index in [1.807, 2.05) is 0 Å². The fourth-order valence-electron chi connectivity index (χ4n) is 7.46. The number of hydrogen-bond acceptors (Lipinski definition) is 22. The fraction of sp³-hybridized carbons (Fsp3) is 0.356. The topological polar surface area (TPSA) is 364 Å². The van der Waals surface area contributed by atoms with E-state index in [4.69, 9.17) is 35.9 Å².